The minimum Gasteiger partial charge on any atom is -0.298 e. The lowest BCUT2D eigenvalue weighted by atomic mass is 10.0. The van der Waals surface area contributed by atoms with E-state index < -0.39 is 17.9 Å². The second-order valence-electron chi connectivity index (χ2n) is 4.68. The average Bonchev–Trinajstić information content (AvgIpc) is 2.80. The monoisotopic (exact) mass is 304 g/mol. The number of aromatic nitrogens is 2. The molecule has 0 radical (unpaired) electrons. The van der Waals surface area contributed by atoms with Crippen molar-refractivity contribution in [3.05, 3.63) is 56.0 Å². The molecule has 4 nitrogen and oxygen atoms in total. The lowest BCUT2D eigenvalue weighted by molar-refractivity contribution is 0.434. The van der Waals surface area contributed by atoms with Gasteiger partial charge in [-0.05, 0) is 12.5 Å². The van der Waals surface area contributed by atoms with Crippen molar-refractivity contribution in [2.45, 2.75) is 13.5 Å². The van der Waals surface area contributed by atoms with Crippen LogP contribution in [0.3, 0.4) is 0 Å². The van der Waals surface area contributed by atoms with Gasteiger partial charge in [-0.3, -0.25) is 14.3 Å². The van der Waals surface area contributed by atoms with Gasteiger partial charge in [-0.15, -0.1) is 11.3 Å². The van der Waals surface area contributed by atoms with Crippen LogP contribution in [0.4, 0.5) is 4.39 Å². The summed E-state index contributed by atoms with van der Waals surface area (Å²) >= 11 is 1.37. The zero-order chi connectivity index (χ0) is 15.0. The zero-order valence-corrected chi connectivity index (χ0v) is 12.2. The van der Waals surface area contributed by atoms with Crippen LogP contribution in [-0.4, -0.2) is 16.2 Å². The minimum atomic E-state index is -0.752. The summed E-state index contributed by atoms with van der Waals surface area (Å²) in [6, 6.07) is 9.52. The summed E-state index contributed by atoms with van der Waals surface area (Å²) in [5.41, 5.74) is 0.724. The van der Waals surface area contributed by atoms with Crippen molar-refractivity contribution in [2.75, 3.05) is 6.67 Å². The molecule has 108 valence electrons. The van der Waals surface area contributed by atoms with Crippen LogP contribution in [0.25, 0.3) is 21.3 Å². The molecule has 0 aliphatic rings. The number of rotatable bonds is 3. The maximum absolute atomic E-state index is 12.6. The molecule has 0 fully saturated rings. The van der Waals surface area contributed by atoms with E-state index in [9.17, 15) is 14.0 Å². The van der Waals surface area contributed by atoms with E-state index in [1.54, 1.807) is 0 Å². The first-order chi connectivity index (χ1) is 10.1. The van der Waals surface area contributed by atoms with Crippen molar-refractivity contribution in [1.29, 1.82) is 0 Å². The standard InChI is InChI=1S/C15H13FN2O2S/c1-9-11(10-5-3-2-4-6-10)12-13(21-9)17-15(20)18(8-7-16)14(12)19/h2-6H,7-8H2,1H3,(H,17,20). The summed E-state index contributed by atoms with van der Waals surface area (Å²) in [6.07, 6.45) is 0. The highest BCUT2D eigenvalue weighted by Gasteiger charge is 2.17. The van der Waals surface area contributed by atoms with Crippen LogP contribution in [0.15, 0.2) is 39.9 Å². The third-order valence-corrected chi connectivity index (χ3v) is 4.40. The van der Waals surface area contributed by atoms with Crippen molar-refractivity contribution in [1.82, 2.24) is 9.55 Å². The molecule has 0 bridgehead atoms. The molecule has 0 amide bonds. The fourth-order valence-corrected chi connectivity index (χ4v) is 3.53. The third kappa shape index (κ3) is 2.21. The number of benzene rings is 1. The average molecular weight is 304 g/mol. The van der Waals surface area contributed by atoms with E-state index in [-0.39, 0.29) is 6.54 Å². The van der Waals surface area contributed by atoms with Gasteiger partial charge in [0, 0.05) is 10.4 Å². The van der Waals surface area contributed by atoms with Crippen molar-refractivity contribution in [3.8, 4) is 11.1 Å². The van der Waals surface area contributed by atoms with Crippen molar-refractivity contribution < 1.29 is 4.39 Å². The van der Waals surface area contributed by atoms with E-state index in [0.29, 0.717) is 10.2 Å². The fourth-order valence-electron chi connectivity index (χ4n) is 2.47. The Morgan fingerprint density at radius 1 is 1.24 bits per heavy atom. The highest BCUT2D eigenvalue weighted by Crippen LogP contribution is 2.34. The summed E-state index contributed by atoms with van der Waals surface area (Å²) in [7, 11) is 0. The Bertz CT molecular complexity index is 909. The summed E-state index contributed by atoms with van der Waals surface area (Å²) < 4.78 is 13.5. The topological polar surface area (TPSA) is 54.9 Å². The smallest absolute Gasteiger partial charge is 0.298 e. The first-order valence-electron chi connectivity index (χ1n) is 6.51. The van der Waals surface area contributed by atoms with E-state index in [1.807, 2.05) is 37.3 Å². The zero-order valence-electron chi connectivity index (χ0n) is 11.4. The van der Waals surface area contributed by atoms with Gasteiger partial charge in [-0.2, -0.15) is 0 Å². The molecular weight excluding hydrogens is 291 g/mol. The van der Waals surface area contributed by atoms with Crippen LogP contribution in [0.2, 0.25) is 0 Å². The molecule has 3 rings (SSSR count). The van der Waals surface area contributed by atoms with Crippen LogP contribution in [0.5, 0.6) is 0 Å². The second-order valence-corrected chi connectivity index (χ2v) is 5.90. The molecular formula is C15H13FN2O2S. The van der Waals surface area contributed by atoms with Gasteiger partial charge in [0.15, 0.2) is 0 Å². The van der Waals surface area contributed by atoms with E-state index >= 15 is 0 Å². The summed E-state index contributed by atoms with van der Waals surface area (Å²) in [5.74, 6) is 0. The van der Waals surface area contributed by atoms with Gasteiger partial charge in [0.05, 0.1) is 11.9 Å². The van der Waals surface area contributed by atoms with Crippen LogP contribution in [0, 0.1) is 6.92 Å². The number of fused-ring (bicyclic) bond motifs is 1. The van der Waals surface area contributed by atoms with Gasteiger partial charge in [0.25, 0.3) is 5.56 Å². The van der Waals surface area contributed by atoms with Gasteiger partial charge in [0.1, 0.15) is 11.5 Å². The number of nitrogens with zero attached hydrogens (tertiary/aromatic N) is 1. The molecule has 21 heavy (non-hydrogen) atoms. The number of nitrogens with one attached hydrogen (secondary N) is 1. The maximum atomic E-state index is 12.6. The predicted octanol–water partition coefficient (Wildman–Crippen LogP) is 2.70. The van der Waals surface area contributed by atoms with Crippen LogP contribution in [0.1, 0.15) is 4.88 Å². The number of H-pyrrole nitrogens is 1. The highest BCUT2D eigenvalue weighted by molar-refractivity contribution is 7.19. The molecule has 1 N–H and O–H groups in total. The Labute approximate surface area is 123 Å². The lowest BCUT2D eigenvalue weighted by Crippen LogP contribution is -2.35. The van der Waals surface area contributed by atoms with Crippen molar-refractivity contribution in [2.24, 2.45) is 0 Å². The molecule has 0 atom stereocenters. The number of hydrogen-bond donors (Lipinski definition) is 1. The molecule has 0 aliphatic heterocycles. The normalized spacial score (nSPS) is 11.1. The van der Waals surface area contributed by atoms with Crippen LogP contribution >= 0.6 is 11.3 Å². The molecule has 6 heteroatoms. The first kappa shape index (κ1) is 13.8. The Balaban J connectivity index is 2.41. The highest BCUT2D eigenvalue weighted by atomic mass is 32.1. The van der Waals surface area contributed by atoms with E-state index in [1.165, 1.54) is 11.3 Å². The minimum absolute atomic E-state index is 0.229. The van der Waals surface area contributed by atoms with E-state index in [0.717, 1.165) is 20.6 Å². The second kappa shape index (κ2) is 5.29. The summed E-state index contributed by atoms with van der Waals surface area (Å²) in [5, 5.41) is 0.455. The van der Waals surface area contributed by atoms with Crippen LogP contribution in [-0.2, 0) is 6.54 Å². The number of halogens is 1. The Morgan fingerprint density at radius 3 is 2.62 bits per heavy atom. The van der Waals surface area contributed by atoms with E-state index in [2.05, 4.69) is 4.98 Å². The largest absolute Gasteiger partial charge is 0.329 e. The molecule has 2 aromatic heterocycles. The quantitative estimate of drug-likeness (QED) is 0.809. The van der Waals surface area contributed by atoms with E-state index in [4.69, 9.17) is 0 Å². The third-order valence-electron chi connectivity index (χ3n) is 3.38. The fraction of sp³-hybridized carbons (Fsp3) is 0.200. The molecule has 0 aliphatic carbocycles. The SMILES string of the molecule is Cc1sc2[nH]c(=O)n(CCF)c(=O)c2c1-c1ccccc1. The molecule has 0 spiro atoms. The molecule has 0 saturated heterocycles. The summed E-state index contributed by atoms with van der Waals surface area (Å²) in [6.45, 7) is 0.926. The number of alkyl halides is 1. The van der Waals surface area contributed by atoms with Crippen LogP contribution < -0.4 is 11.2 Å². The Kier molecular flexibility index (Phi) is 3.47. The molecule has 3 aromatic rings. The van der Waals surface area contributed by atoms with Crippen molar-refractivity contribution in [3.63, 3.8) is 0 Å². The molecule has 1 aromatic carbocycles. The first-order valence-corrected chi connectivity index (χ1v) is 7.32. The molecule has 0 unspecified atom stereocenters. The van der Waals surface area contributed by atoms with Crippen molar-refractivity contribution >= 4 is 21.6 Å². The van der Waals surface area contributed by atoms with Gasteiger partial charge in [-0.25, -0.2) is 9.18 Å². The number of hydrogen-bond acceptors (Lipinski definition) is 3. The van der Waals surface area contributed by atoms with Gasteiger partial charge in [0.2, 0.25) is 0 Å². The Morgan fingerprint density at radius 2 is 1.95 bits per heavy atom. The maximum Gasteiger partial charge on any atom is 0.329 e. The van der Waals surface area contributed by atoms with Gasteiger partial charge < -0.3 is 0 Å². The summed E-state index contributed by atoms with van der Waals surface area (Å²) in [4.78, 5) is 28.5. The number of aryl methyl sites for hydroxylation is 1. The van der Waals surface area contributed by atoms with Gasteiger partial charge in [-0.1, -0.05) is 30.3 Å². The Hall–Kier alpha value is -2.21. The van der Waals surface area contributed by atoms with Gasteiger partial charge >= 0.3 is 5.69 Å². The lowest BCUT2D eigenvalue weighted by Gasteiger charge is -2.04. The molecule has 0 saturated carbocycles. The predicted molar refractivity (Wildman–Crippen MR) is 82.9 cm³/mol. The molecule has 2 heterocycles. The number of thiophene rings is 1. The number of aromatic amines is 1.